The number of piperazine rings is 1. The Hall–Kier alpha value is -2.95. The molecule has 8 nitrogen and oxygen atoms in total. The van der Waals surface area contributed by atoms with Crippen LogP contribution in [0.5, 0.6) is 0 Å². The number of piperidine rings is 2. The molecule has 3 fully saturated rings. The SMILES string of the molecule is O=C(O)C(F)(F)F.O=C(c1ccc(-n2ccnn2)cc1)N1CC2CCC1CN2. The molecule has 2 aromatic rings. The van der Waals surface area contributed by atoms with Gasteiger partial charge >= 0.3 is 12.1 Å². The predicted octanol–water partition coefficient (Wildman–Crippen LogP) is 1.48. The molecule has 0 aliphatic carbocycles. The van der Waals surface area contributed by atoms with Crippen molar-refractivity contribution in [1.29, 1.82) is 0 Å². The van der Waals surface area contributed by atoms with Gasteiger partial charge in [0.15, 0.2) is 0 Å². The van der Waals surface area contributed by atoms with Gasteiger partial charge in [-0.1, -0.05) is 5.21 Å². The third-order valence-electron chi connectivity index (χ3n) is 4.65. The first kappa shape index (κ1) is 19.8. The molecule has 3 saturated heterocycles. The van der Waals surface area contributed by atoms with Gasteiger partial charge in [0.1, 0.15) is 0 Å². The van der Waals surface area contributed by atoms with E-state index in [1.807, 2.05) is 29.2 Å². The fraction of sp³-hybridized carbons (Fsp3) is 0.412. The number of benzene rings is 1. The third-order valence-corrected chi connectivity index (χ3v) is 4.65. The smallest absolute Gasteiger partial charge is 0.475 e. The van der Waals surface area contributed by atoms with E-state index >= 15 is 0 Å². The zero-order chi connectivity index (χ0) is 20.3. The van der Waals surface area contributed by atoms with Crippen LogP contribution in [0, 0.1) is 0 Å². The molecule has 1 amide bonds. The molecule has 5 rings (SSSR count). The number of carboxylic acids is 1. The number of carbonyl (C=O) groups excluding carboxylic acids is 1. The zero-order valence-corrected chi connectivity index (χ0v) is 14.6. The topological polar surface area (TPSA) is 100 Å². The van der Waals surface area contributed by atoms with Crippen molar-refractivity contribution in [1.82, 2.24) is 25.2 Å². The van der Waals surface area contributed by atoms with Crippen LogP contribution in [-0.2, 0) is 4.79 Å². The number of nitrogens with zero attached hydrogens (tertiary/aromatic N) is 4. The number of hydrogen-bond donors (Lipinski definition) is 2. The van der Waals surface area contributed by atoms with E-state index in [-0.39, 0.29) is 5.91 Å². The van der Waals surface area contributed by atoms with E-state index in [2.05, 4.69) is 15.6 Å². The normalized spacial score (nSPS) is 21.0. The van der Waals surface area contributed by atoms with Gasteiger partial charge in [0.2, 0.25) is 0 Å². The van der Waals surface area contributed by atoms with E-state index in [9.17, 15) is 18.0 Å². The van der Waals surface area contributed by atoms with Crippen LogP contribution in [0.3, 0.4) is 0 Å². The first-order valence-electron chi connectivity index (χ1n) is 8.57. The molecule has 2 bridgehead atoms. The Bertz CT molecular complexity index is 816. The number of alkyl halides is 3. The molecule has 2 unspecified atom stereocenters. The Labute approximate surface area is 157 Å². The third kappa shape index (κ3) is 4.47. The van der Waals surface area contributed by atoms with Gasteiger partial charge in [-0.3, -0.25) is 4.79 Å². The number of amides is 1. The minimum atomic E-state index is -5.08. The average Bonchev–Trinajstić information content (AvgIpc) is 3.23. The van der Waals surface area contributed by atoms with Gasteiger partial charge < -0.3 is 15.3 Å². The van der Waals surface area contributed by atoms with Crippen molar-refractivity contribution in [2.24, 2.45) is 0 Å². The Morgan fingerprint density at radius 3 is 2.29 bits per heavy atom. The van der Waals surface area contributed by atoms with Crippen molar-refractivity contribution < 1.29 is 27.9 Å². The van der Waals surface area contributed by atoms with E-state index < -0.39 is 12.1 Å². The van der Waals surface area contributed by atoms with Crippen LogP contribution in [0.2, 0.25) is 0 Å². The summed E-state index contributed by atoms with van der Waals surface area (Å²) >= 11 is 0. The molecule has 2 atom stereocenters. The van der Waals surface area contributed by atoms with E-state index in [4.69, 9.17) is 9.90 Å². The highest BCUT2D eigenvalue weighted by Crippen LogP contribution is 2.24. The molecule has 3 aliphatic heterocycles. The zero-order valence-electron chi connectivity index (χ0n) is 14.6. The lowest BCUT2D eigenvalue weighted by molar-refractivity contribution is -0.192. The number of fused-ring (bicyclic) bond motifs is 3. The molecule has 0 spiro atoms. The molecular weight excluding hydrogens is 379 g/mol. The summed E-state index contributed by atoms with van der Waals surface area (Å²) in [6.07, 6.45) is 0.628. The first-order valence-corrected chi connectivity index (χ1v) is 8.57. The predicted molar refractivity (Wildman–Crippen MR) is 90.9 cm³/mol. The summed E-state index contributed by atoms with van der Waals surface area (Å²) in [6.45, 7) is 1.75. The molecule has 28 heavy (non-hydrogen) atoms. The standard InChI is InChI=1S/C15H17N5O.C2HF3O2/c21-15(19-10-12-3-6-14(19)9-16-12)11-1-4-13(5-2-11)20-8-7-17-18-20;3-2(4,5)1(6)7/h1-2,4-5,7-8,12,14,16H,3,6,9-10H2;(H,6,7). The van der Waals surface area contributed by atoms with E-state index in [0.29, 0.717) is 12.1 Å². The van der Waals surface area contributed by atoms with Crippen LogP contribution >= 0.6 is 0 Å². The summed E-state index contributed by atoms with van der Waals surface area (Å²) in [5, 5.41) is 18.3. The highest BCUT2D eigenvalue weighted by atomic mass is 19.4. The minimum absolute atomic E-state index is 0.136. The fourth-order valence-corrected chi connectivity index (χ4v) is 3.23. The Balaban J connectivity index is 0.000000279. The minimum Gasteiger partial charge on any atom is -0.475 e. The lowest BCUT2D eigenvalue weighted by Gasteiger charge is -2.46. The molecule has 0 radical (unpaired) electrons. The van der Waals surface area contributed by atoms with Crippen molar-refractivity contribution in [2.75, 3.05) is 13.1 Å². The molecular formula is C17H18F3N5O3. The van der Waals surface area contributed by atoms with Crippen LogP contribution in [0.25, 0.3) is 5.69 Å². The monoisotopic (exact) mass is 397 g/mol. The Morgan fingerprint density at radius 2 is 1.86 bits per heavy atom. The highest BCUT2D eigenvalue weighted by Gasteiger charge is 2.38. The van der Waals surface area contributed by atoms with Crippen molar-refractivity contribution in [3.8, 4) is 5.69 Å². The van der Waals surface area contributed by atoms with Crippen LogP contribution < -0.4 is 5.32 Å². The highest BCUT2D eigenvalue weighted by molar-refractivity contribution is 5.94. The van der Waals surface area contributed by atoms with Crippen molar-refractivity contribution in [3.63, 3.8) is 0 Å². The molecule has 4 heterocycles. The number of carboxylic acid groups (broad SMARTS) is 1. The quantitative estimate of drug-likeness (QED) is 0.796. The summed E-state index contributed by atoms with van der Waals surface area (Å²) in [5.41, 5.74) is 1.65. The first-order chi connectivity index (χ1) is 13.3. The maximum Gasteiger partial charge on any atom is 0.490 e. The summed E-state index contributed by atoms with van der Waals surface area (Å²) in [6, 6.07) is 8.36. The second-order valence-electron chi connectivity index (χ2n) is 6.49. The van der Waals surface area contributed by atoms with Gasteiger partial charge in [-0.2, -0.15) is 13.2 Å². The van der Waals surface area contributed by atoms with Crippen LogP contribution in [0.1, 0.15) is 23.2 Å². The average molecular weight is 397 g/mol. The molecule has 150 valence electrons. The Kier molecular flexibility index (Phi) is 5.63. The molecule has 0 saturated carbocycles. The van der Waals surface area contributed by atoms with E-state index in [1.54, 1.807) is 17.1 Å². The van der Waals surface area contributed by atoms with Gasteiger partial charge in [-0.15, -0.1) is 5.10 Å². The van der Waals surface area contributed by atoms with E-state index in [1.165, 1.54) is 6.42 Å². The second kappa shape index (κ2) is 7.97. The van der Waals surface area contributed by atoms with Crippen molar-refractivity contribution in [2.45, 2.75) is 31.1 Å². The van der Waals surface area contributed by atoms with Gasteiger partial charge in [-0.05, 0) is 37.1 Å². The number of hydrogen-bond acceptors (Lipinski definition) is 5. The lowest BCUT2D eigenvalue weighted by atomic mass is 9.92. The number of carbonyl (C=O) groups is 2. The number of halogens is 3. The van der Waals surface area contributed by atoms with Crippen molar-refractivity contribution in [3.05, 3.63) is 42.2 Å². The molecule has 1 aromatic heterocycles. The van der Waals surface area contributed by atoms with Gasteiger partial charge in [0.05, 0.1) is 18.1 Å². The maximum absolute atomic E-state index is 12.7. The largest absolute Gasteiger partial charge is 0.490 e. The van der Waals surface area contributed by atoms with Crippen molar-refractivity contribution >= 4 is 11.9 Å². The van der Waals surface area contributed by atoms with Crippen LogP contribution in [0.4, 0.5) is 13.2 Å². The number of rotatable bonds is 2. The summed E-state index contributed by atoms with van der Waals surface area (Å²) in [7, 11) is 0. The molecule has 11 heteroatoms. The lowest BCUT2D eigenvalue weighted by Crippen LogP contribution is -2.62. The summed E-state index contributed by atoms with van der Waals surface area (Å²) < 4.78 is 33.4. The Morgan fingerprint density at radius 1 is 1.18 bits per heavy atom. The van der Waals surface area contributed by atoms with Gasteiger partial charge in [0, 0.05) is 30.7 Å². The molecule has 3 aliphatic rings. The van der Waals surface area contributed by atoms with Gasteiger partial charge in [-0.25, -0.2) is 9.48 Å². The summed E-state index contributed by atoms with van der Waals surface area (Å²) in [4.78, 5) is 23.6. The number of aliphatic carboxylic acids is 1. The number of aromatic nitrogens is 3. The maximum atomic E-state index is 12.7. The van der Waals surface area contributed by atoms with Crippen LogP contribution in [-0.4, -0.2) is 68.2 Å². The van der Waals surface area contributed by atoms with Gasteiger partial charge in [0.25, 0.3) is 5.91 Å². The van der Waals surface area contributed by atoms with Crippen LogP contribution in [0.15, 0.2) is 36.7 Å². The van der Waals surface area contributed by atoms with E-state index in [0.717, 1.165) is 30.8 Å². The number of nitrogens with one attached hydrogen (secondary N) is 1. The summed E-state index contributed by atoms with van der Waals surface area (Å²) in [5.74, 6) is -2.62. The second-order valence-corrected chi connectivity index (χ2v) is 6.49. The molecule has 2 N–H and O–H groups in total. The fourth-order valence-electron chi connectivity index (χ4n) is 3.23. The molecule has 1 aromatic carbocycles.